The monoisotopic (exact) mass is 231 g/mol. The lowest BCUT2D eigenvalue weighted by atomic mass is 10.2. The van der Waals surface area contributed by atoms with Crippen molar-refractivity contribution in [2.75, 3.05) is 25.9 Å². The van der Waals surface area contributed by atoms with Crippen LogP contribution in [0.5, 0.6) is 0 Å². The Balaban J connectivity index is 2.43. The van der Waals surface area contributed by atoms with E-state index in [0.29, 0.717) is 25.8 Å². The van der Waals surface area contributed by atoms with Crippen molar-refractivity contribution in [3.63, 3.8) is 0 Å². The maximum atomic E-state index is 12.1. The van der Waals surface area contributed by atoms with Gasteiger partial charge in [0, 0.05) is 6.21 Å². The molecule has 0 spiro atoms. The molecule has 0 saturated heterocycles. The number of allylic oxidation sites excluding steroid dienone is 1. The lowest BCUT2D eigenvalue weighted by molar-refractivity contribution is 0.220. The standard InChI is InChI=1S/C10H18NO3P/c1-3-13-15(12,14-4-2)8-6-10-5-7-11-9-10/h5,9H,3-4,6-8H2,1-2H3. The molecule has 86 valence electrons. The predicted molar refractivity (Wildman–Crippen MR) is 61.8 cm³/mol. The summed E-state index contributed by atoms with van der Waals surface area (Å²) in [5.74, 6) is 0. The lowest BCUT2D eigenvalue weighted by Crippen LogP contribution is -2.01. The zero-order valence-corrected chi connectivity index (χ0v) is 10.2. The molecule has 0 aliphatic carbocycles. The predicted octanol–water partition coefficient (Wildman–Crippen LogP) is 2.65. The van der Waals surface area contributed by atoms with E-state index in [1.54, 1.807) is 0 Å². The molecule has 0 aromatic rings. The first-order valence-electron chi connectivity index (χ1n) is 5.27. The van der Waals surface area contributed by atoms with Gasteiger partial charge in [0.05, 0.1) is 25.9 Å². The summed E-state index contributed by atoms with van der Waals surface area (Å²) in [5, 5.41) is 0. The highest BCUT2D eigenvalue weighted by Crippen LogP contribution is 2.48. The molecular formula is C10H18NO3P. The second kappa shape index (κ2) is 6.21. The van der Waals surface area contributed by atoms with Crippen LogP contribution in [0.3, 0.4) is 0 Å². The smallest absolute Gasteiger partial charge is 0.309 e. The molecular weight excluding hydrogens is 213 g/mol. The van der Waals surface area contributed by atoms with Crippen molar-refractivity contribution in [2.45, 2.75) is 20.3 Å². The second-order valence-corrected chi connectivity index (χ2v) is 5.38. The molecule has 5 heteroatoms. The molecule has 0 aromatic carbocycles. The van der Waals surface area contributed by atoms with Crippen LogP contribution in [0.2, 0.25) is 0 Å². The highest BCUT2D eigenvalue weighted by atomic mass is 31.2. The highest BCUT2D eigenvalue weighted by molar-refractivity contribution is 7.53. The largest absolute Gasteiger partial charge is 0.330 e. The molecule has 1 rings (SSSR count). The van der Waals surface area contributed by atoms with Gasteiger partial charge in [0.25, 0.3) is 0 Å². The number of nitrogens with zero attached hydrogens (tertiary/aromatic N) is 1. The summed E-state index contributed by atoms with van der Waals surface area (Å²) in [7, 11) is -2.87. The van der Waals surface area contributed by atoms with E-state index in [-0.39, 0.29) is 0 Å². The van der Waals surface area contributed by atoms with Gasteiger partial charge in [0.2, 0.25) is 0 Å². The van der Waals surface area contributed by atoms with Crippen molar-refractivity contribution in [1.82, 2.24) is 0 Å². The molecule has 0 radical (unpaired) electrons. The number of aliphatic imine (C=N–C) groups is 1. The molecule has 1 heterocycles. The average Bonchev–Trinajstić information content (AvgIpc) is 2.68. The minimum absolute atomic E-state index is 0.421. The molecule has 0 bridgehead atoms. The number of hydrogen-bond donors (Lipinski definition) is 0. The molecule has 4 nitrogen and oxygen atoms in total. The summed E-state index contributed by atoms with van der Waals surface area (Å²) in [6, 6.07) is 0. The van der Waals surface area contributed by atoms with E-state index in [1.807, 2.05) is 26.1 Å². The summed E-state index contributed by atoms with van der Waals surface area (Å²) < 4.78 is 22.4. The first-order chi connectivity index (χ1) is 7.20. The maximum absolute atomic E-state index is 12.1. The van der Waals surface area contributed by atoms with E-state index >= 15 is 0 Å². The fourth-order valence-electron chi connectivity index (χ4n) is 1.39. The second-order valence-electron chi connectivity index (χ2n) is 3.19. The summed E-state index contributed by atoms with van der Waals surface area (Å²) in [6.07, 6.45) is 5.00. The highest BCUT2D eigenvalue weighted by Gasteiger charge is 2.23. The first kappa shape index (κ1) is 12.6. The summed E-state index contributed by atoms with van der Waals surface area (Å²) in [5.41, 5.74) is 1.12. The van der Waals surface area contributed by atoms with E-state index in [9.17, 15) is 4.57 Å². The van der Waals surface area contributed by atoms with Gasteiger partial charge >= 0.3 is 7.60 Å². The van der Waals surface area contributed by atoms with Gasteiger partial charge in [-0.3, -0.25) is 9.56 Å². The summed E-state index contributed by atoms with van der Waals surface area (Å²) in [6.45, 7) is 5.22. The van der Waals surface area contributed by atoms with Crippen LogP contribution in [0.4, 0.5) is 0 Å². The number of rotatable bonds is 7. The van der Waals surface area contributed by atoms with Gasteiger partial charge in [-0.25, -0.2) is 0 Å². The fourth-order valence-corrected chi connectivity index (χ4v) is 3.04. The first-order valence-corrected chi connectivity index (χ1v) is 7.00. The Bertz CT molecular complexity index is 289. The van der Waals surface area contributed by atoms with Gasteiger partial charge < -0.3 is 9.05 Å². The summed E-state index contributed by atoms with van der Waals surface area (Å²) in [4.78, 5) is 4.07. The molecule has 0 saturated carbocycles. The quantitative estimate of drug-likeness (QED) is 0.633. The zero-order chi connectivity index (χ0) is 11.1. The maximum Gasteiger partial charge on any atom is 0.330 e. The molecule has 0 N–H and O–H groups in total. The Kier molecular flexibility index (Phi) is 5.23. The Morgan fingerprint density at radius 3 is 2.53 bits per heavy atom. The normalized spacial score (nSPS) is 15.7. The number of hydrogen-bond acceptors (Lipinski definition) is 4. The van der Waals surface area contributed by atoms with Crippen LogP contribution in [0, 0.1) is 0 Å². The van der Waals surface area contributed by atoms with E-state index in [2.05, 4.69) is 4.99 Å². The van der Waals surface area contributed by atoms with Crippen LogP contribution >= 0.6 is 7.60 Å². The van der Waals surface area contributed by atoms with Crippen LogP contribution in [0.1, 0.15) is 20.3 Å². The minimum atomic E-state index is -2.87. The van der Waals surface area contributed by atoms with Crippen molar-refractivity contribution in [3.8, 4) is 0 Å². The van der Waals surface area contributed by atoms with Crippen LogP contribution in [-0.4, -0.2) is 32.1 Å². The molecule has 1 aliphatic rings. The Morgan fingerprint density at radius 1 is 1.40 bits per heavy atom. The van der Waals surface area contributed by atoms with Crippen molar-refractivity contribution < 1.29 is 13.6 Å². The molecule has 0 amide bonds. The van der Waals surface area contributed by atoms with Crippen LogP contribution in [0.15, 0.2) is 16.6 Å². The van der Waals surface area contributed by atoms with E-state index in [4.69, 9.17) is 9.05 Å². The average molecular weight is 231 g/mol. The molecule has 0 unspecified atom stereocenters. The van der Waals surface area contributed by atoms with Gasteiger partial charge in [-0.05, 0) is 25.8 Å². The van der Waals surface area contributed by atoms with Crippen molar-refractivity contribution >= 4 is 13.8 Å². The Labute approximate surface area is 90.9 Å². The van der Waals surface area contributed by atoms with Crippen molar-refractivity contribution in [1.29, 1.82) is 0 Å². The van der Waals surface area contributed by atoms with Gasteiger partial charge in [-0.2, -0.15) is 0 Å². The lowest BCUT2D eigenvalue weighted by Gasteiger charge is -2.16. The molecule has 0 aromatic heterocycles. The van der Waals surface area contributed by atoms with Crippen molar-refractivity contribution in [3.05, 3.63) is 11.6 Å². The van der Waals surface area contributed by atoms with E-state index in [0.717, 1.165) is 12.1 Å². The van der Waals surface area contributed by atoms with Crippen LogP contribution < -0.4 is 0 Å². The third kappa shape index (κ3) is 4.29. The van der Waals surface area contributed by atoms with Gasteiger partial charge in [0.15, 0.2) is 0 Å². The van der Waals surface area contributed by atoms with Crippen LogP contribution in [-0.2, 0) is 13.6 Å². The fraction of sp³-hybridized carbons (Fsp3) is 0.700. The molecule has 0 atom stereocenters. The molecule has 0 fully saturated rings. The van der Waals surface area contributed by atoms with Gasteiger partial charge in [-0.1, -0.05) is 6.08 Å². The zero-order valence-electron chi connectivity index (χ0n) is 9.31. The Morgan fingerprint density at radius 2 is 2.07 bits per heavy atom. The SMILES string of the molecule is CCOP(=O)(CCC1=CCN=C1)OCC. The minimum Gasteiger partial charge on any atom is -0.309 e. The Hall–Kier alpha value is -0.440. The topological polar surface area (TPSA) is 47.9 Å². The molecule has 15 heavy (non-hydrogen) atoms. The molecule has 1 aliphatic heterocycles. The van der Waals surface area contributed by atoms with Gasteiger partial charge in [-0.15, -0.1) is 0 Å². The van der Waals surface area contributed by atoms with Crippen LogP contribution in [0.25, 0.3) is 0 Å². The van der Waals surface area contributed by atoms with Gasteiger partial charge in [0.1, 0.15) is 0 Å². The van der Waals surface area contributed by atoms with Crippen molar-refractivity contribution in [2.24, 2.45) is 4.99 Å². The van der Waals surface area contributed by atoms with E-state index in [1.165, 1.54) is 0 Å². The third-order valence-corrected chi connectivity index (χ3v) is 4.12. The summed E-state index contributed by atoms with van der Waals surface area (Å²) >= 11 is 0. The third-order valence-electron chi connectivity index (χ3n) is 2.04. The van der Waals surface area contributed by atoms with E-state index < -0.39 is 7.60 Å².